The van der Waals surface area contributed by atoms with Crippen molar-refractivity contribution < 1.29 is 0 Å². The molecule has 0 radical (unpaired) electrons. The Labute approximate surface area is 147 Å². The van der Waals surface area contributed by atoms with E-state index in [-0.39, 0.29) is 0 Å². The number of hydrogen-bond donors (Lipinski definition) is 2. The molecule has 3 N–H and O–H groups in total. The SMILES string of the molecule is Nc1nc(NC2CCCN(Cc3ccccc3)C2)nc2ccccc12. The third kappa shape index (κ3) is 3.72. The van der Waals surface area contributed by atoms with Crippen molar-refractivity contribution in [1.29, 1.82) is 0 Å². The van der Waals surface area contributed by atoms with Crippen molar-refractivity contribution in [2.75, 3.05) is 24.1 Å². The summed E-state index contributed by atoms with van der Waals surface area (Å²) >= 11 is 0. The number of rotatable bonds is 4. The fourth-order valence-corrected chi connectivity index (χ4v) is 3.51. The van der Waals surface area contributed by atoms with Crippen molar-refractivity contribution in [2.45, 2.75) is 25.4 Å². The summed E-state index contributed by atoms with van der Waals surface area (Å²) in [5.74, 6) is 1.16. The van der Waals surface area contributed by atoms with Crippen LogP contribution in [0.15, 0.2) is 54.6 Å². The Kier molecular flexibility index (Phi) is 4.48. The van der Waals surface area contributed by atoms with Gasteiger partial charge < -0.3 is 11.1 Å². The molecule has 0 spiro atoms. The predicted molar refractivity (Wildman–Crippen MR) is 102 cm³/mol. The molecule has 3 aromatic rings. The molecule has 1 unspecified atom stereocenters. The summed E-state index contributed by atoms with van der Waals surface area (Å²) in [6, 6.07) is 18.8. The van der Waals surface area contributed by atoms with E-state index in [0.29, 0.717) is 17.8 Å². The van der Waals surface area contributed by atoms with Crippen LogP contribution in [0.4, 0.5) is 11.8 Å². The van der Waals surface area contributed by atoms with Gasteiger partial charge in [0.15, 0.2) is 0 Å². The number of nitrogen functional groups attached to an aromatic ring is 1. The summed E-state index contributed by atoms with van der Waals surface area (Å²) in [6.07, 6.45) is 2.30. The average Bonchev–Trinajstić information content (AvgIpc) is 2.63. The van der Waals surface area contributed by atoms with Gasteiger partial charge in [0.05, 0.1) is 5.52 Å². The van der Waals surface area contributed by atoms with Crippen LogP contribution in [0.25, 0.3) is 10.9 Å². The minimum atomic E-state index is 0.345. The van der Waals surface area contributed by atoms with E-state index in [9.17, 15) is 0 Å². The zero-order chi connectivity index (χ0) is 17.1. The molecule has 5 nitrogen and oxygen atoms in total. The highest BCUT2D eigenvalue weighted by atomic mass is 15.2. The molecule has 1 aliphatic rings. The van der Waals surface area contributed by atoms with Gasteiger partial charge in [-0.15, -0.1) is 0 Å². The van der Waals surface area contributed by atoms with Crippen molar-refractivity contribution >= 4 is 22.7 Å². The van der Waals surface area contributed by atoms with Crippen molar-refractivity contribution in [1.82, 2.24) is 14.9 Å². The molecular formula is C20H23N5. The first-order valence-electron chi connectivity index (χ1n) is 8.83. The van der Waals surface area contributed by atoms with Crippen LogP contribution in [0.3, 0.4) is 0 Å². The molecule has 2 aromatic carbocycles. The van der Waals surface area contributed by atoms with Gasteiger partial charge in [0.25, 0.3) is 0 Å². The van der Waals surface area contributed by atoms with E-state index in [2.05, 4.69) is 50.5 Å². The van der Waals surface area contributed by atoms with E-state index in [1.54, 1.807) is 0 Å². The summed E-state index contributed by atoms with van der Waals surface area (Å²) in [5, 5.41) is 4.39. The van der Waals surface area contributed by atoms with Crippen molar-refractivity contribution in [3.8, 4) is 0 Å². The van der Waals surface area contributed by atoms with Gasteiger partial charge in [-0.1, -0.05) is 42.5 Å². The smallest absolute Gasteiger partial charge is 0.225 e. The van der Waals surface area contributed by atoms with Gasteiger partial charge in [0.2, 0.25) is 5.95 Å². The third-order valence-electron chi connectivity index (χ3n) is 4.72. The Bertz CT molecular complexity index is 849. The Morgan fingerprint density at radius 3 is 2.72 bits per heavy atom. The van der Waals surface area contributed by atoms with Gasteiger partial charge in [-0.2, -0.15) is 4.98 Å². The summed E-state index contributed by atoms with van der Waals surface area (Å²) < 4.78 is 0. The average molecular weight is 333 g/mol. The highest BCUT2D eigenvalue weighted by Crippen LogP contribution is 2.21. The Balaban J connectivity index is 1.45. The van der Waals surface area contributed by atoms with Gasteiger partial charge in [0.1, 0.15) is 5.82 Å². The number of hydrogen-bond acceptors (Lipinski definition) is 5. The van der Waals surface area contributed by atoms with Crippen LogP contribution in [0.1, 0.15) is 18.4 Å². The fourth-order valence-electron chi connectivity index (χ4n) is 3.51. The van der Waals surface area contributed by atoms with E-state index in [0.717, 1.165) is 37.0 Å². The molecule has 0 bridgehead atoms. The van der Waals surface area contributed by atoms with Crippen LogP contribution in [0, 0.1) is 0 Å². The molecule has 4 rings (SSSR count). The summed E-state index contributed by atoms with van der Waals surface area (Å²) in [7, 11) is 0. The van der Waals surface area contributed by atoms with E-state index in [1.165, 1.54) is 12.0 Å². The van der Waals surface area contributed by atoms with Crippen molar-refractivity contribution in [3.05, 3.63) is 60.2 Å². The Hall–Kier alpha value is -2.66. The third-order valence-corrected chi connectivity index (χ3v) is 4.72. The molecule has 1 fully saturated rings. The summed E-state index contributed by atoms with van der Waals surface area (Å²) in [4.78, 5) is 11.5. The standard InChI is InChI=1S/C20H23N5/c21-19-17-10-4-5-11-18(17)23-20(24-19)22-16-9-6-12-25(14-16)13-15-7-2-1-3-8-15/h1-5,7-8,10-11,16H,6,9,12-14H2,(H3,21,22,23,24). The number of para-hydroxylation sites is 1. The highest BCUT2D eigenvalue weighted by molar-refractivity contribution is 5.88. The highest BCUT2D eigenvalue weighted by Gasteiger charge is 2.21. The van der Waals surface area contributed by atoms with Gasteiger partial charge in [-0.3, -0.25) is 4.90 Å². The fraction of sp³-hybridized carbons (Fsp3) is 0.300. The number of anilines is 2. The van der Waals surface area contributed by atoms with Gasteiger partial charge in [-0.05, 0) is 37.1 Å². The quantitative estimate of drug-likeness (QED) is 0.767. The lowest BCUT2D eigenvalue weighted by molar-refractivity contribution is 0.208. The normalized spacial score (nSPS) is 18.3. The second-order valence-corrected chi connectivity index (χ2v) is 6.65. The molecule has 128 valence electrons. The largest absolute Gasteiger partial charge is 0.383 e. The van der Waals surface area contributed by atoms with Gasteiger partial charge >= 0.3 is 0 Å². The second kappa shape index (κ2) is 7.07. The van der Waals surface area contributed by atoms with E-state index >= 15 is 0 Å². The zero-order valence-corrected chi connectivity index (χ0v) is 14.2. The lowest BCUT2D eigenvalue weighted by Gasteiger charge is -2.33. The number of likely N-dealkylation sites (tertiary alicyclic amines) is 1. The second-order valence-electron chi connectivity index (χ2n) is 6.65. The lowest BCUT2D eigenvalue weighted by Crippen LogP contribution is -2.41. The molecule has 0 amide bonds. The maximum absolute atomic E-state index is 6.09. The van der Waals surface area contributed by atoms with Crippen LogP contribution in [0.5, 0.6) is 0 Å². The topological polar surface area (TPSA) is 67.1 Å². The van der Waals surface area contributed by atoms with Crippen LogP contribution in [-0.2, 0) is 6.54 Å². The minimum absolute atomic E-state index is 0.345. The molecule has 0 saturated carbocycles. The van der Waals surface area contributed by atoms with E-state index in [4.69, 9.17) is 5.73 Å². The lowest BCUT2D eigenvalue weighted by atomic mass is 10.0. The number of aromatic nitrogens is 2. The molecule has 5 heteroatoms. The Morgan fingerprint density at radius 2 is 1.84 bits per heavy atom. The van der Waals surface area contributed by atoms with Crippen LogP contribution in [0.2, 0.25) is 0 Å². The summed E-state index contributed by atoms with van der Waals surface area (Å²) in [5.41, 5.74) is 8.33. The van der Waals surface area contributed by atoms with Gasteiger partial charge in [0, 0.05) is 24.5 Å². The minimum Gasteiger partial charge on any atom is -0.383 e. The first-order chi connectivity index (χ1) is 12.3. The summed E-state index contributed by atoms with van der Waals surface area (Å²) in [6.45, 7) is 3.11. The molecule has 2 heterocycles. The molecule has 1 saturated heterocycles. The van der Waals surface area contributed by atoms with Crippen molar-refractivity contribution in [2.24, 2.45) is 0 Å². The number of benzene rings is 2. The van der Waals surface area contributed by atoms with E-state index < -0.39 is 0 Å². The number of nitrogens with two attached hydrogens (primary N) is 1. The van der Waals surface area contributed by atoms with Crippen LogP contribution in [-0.4, -0.2) is 34.0 Å². The van der Waals surface area contributed by atoms with Crippen LogP contribution >= 0.6 is 0 Å². The number of piperidine rings is 1. The predicted octanol–water partition coefficient (Wildman–Crippen LogP) is 3.29. The molecule has 25 heavy (non-hydrogen) atoms. The molecule has 1 aromatic heterocycles. The number of nitrogens with zero attached hydrogens (tertiary/aromatic N) is 3. The molecular weight excluding hydrogens is 310 g/mol. The van der Waals surface area contributed by atoms with Gasteiger partial charge in [-0.25, -0.2) is 4.98 Å². The van der Waals surface area contributed by atoms with Crippen LogP contribution < -0.4 is 11.1 Å². The van der Waals surface area contributed by atoms with Crippen molar-refractivity contribution in [3.63, 3.8) is 0 Å². The first kappa shape index (κ1) is 15.8. The zero-order valence-electron chi connectivity index (χ0n) is 14.2. The molecule has 0 aliphatic carbocycles. The Morgan fingerprint density at radius 1 is 1.04 bits per heavy atom. The number of nitrogens with one attached hydrogen (secondary N) is 1. The van der Waals surface area contributed by atoms with E-state index in [1.807, 2.05) is 24.3 Å². The molecule has 1 atom stereocenters. The maximum atomic E-state index is 6.09. The molecule has 1 aliphatic heterocycles. The number of fused-ring (bicyclic) bond motifs is 1. The maximum Gasteiger partial charge on any atom is 0.225 e. The monoisotopic (exact) mass is 333 g/mol. The first-order valence-corrected chi connectivity index (χ1v) is 8.83.